The number of carbonyl (C=O) groups is 2. The first kappa shape index (κ1) is 31.6. The normalized spacial score (nSPS) is 13.8. The number of aliphatic imine (C=N–C) groups is 1. The van der Waals surface area contributed by atoms with E-state index in [-0.39, 0.29) is 32.2 Å². The third-order valence-electron chi connectivity index (χ3n) is 5.71. The molecule has 1 aliphatic heterocycles. The Hall–Kier alpha value is -2.91. The van der Waals surface area contributed by atoms with E-state index in [1.54, 1.807) is 31.3 Å². The van der Waals surface area contributed by atoms with Crippen LogP contribution in [0.5, 0.6) is 0 Å². The lowest BCUT2D eigenvalue weighted by Crippen LogP contribution is -2.33. The van der Waals surface area contributed by atoms with Crippen molar-refractivity contribution in [3.63, 3.8) is 0 Å². The number of carbonyl (C=O) groups excluding carboxylic acids is 1. The van der Waals surface area contributed by atoms with Gasteiger partial charge in [-0.25, -0.2) is 13.2 Å². The van der Waals surface area contributed by atoms with Crippen LogP contribution in [0.4, 0.5) is 18.0 Å². The maximum Gasteiger partial charge on any atom is 0.416 e. The van der Waals surface area contributed by atoms with Crippen LogP contribution in [0, 0.1) is 0 Å². The number of alkyl halides is 3. The molecule has 0 saturated heterocycles. The van der Waals surface area contributed by atoms with Crippen molar-refractivity contribution in [1.29, 1.82) is 0 Å². The molecule has 0 fully saturated rings. The second-order valence-corrected chi connectivity index (χ2v) is 11.4. The number of hydrogen-bond donors (Lipinski definition) is 2. The van der Waals surface area contributed by atoms with E-state index in [0.717, 1.165) is 5.56 Å². The van der Waals surface area contributed by atoms with E-state index in [0.29, 0.717) is 36.6 Å². The Morgan fingerprint density at radius 1 is 1.18 bits per heavy atom. The Balaban J connectivity index is 1.42. The van der Waals surface area contributed by atoms with Gasteiger partial charge in [0, 0.05) is 25.7 Å². The van der Waals surface area contributed by atoms with E-state index >= 15 is 0 Å². The molecule has 0 aliphatic carbocycles. The number of rotatable bonds is 11. The number of likely N-dealkylation sites (N-methyl/N-ethyl adjacent to an activating group) is 1. The van der Waals surface area contributed by atoms with Crippen LogP contribution in [0.1, 0.15) is 16.7 Å². The Labute approximate surface area is 238 Å². The van der Waals surface area contributed by atoms with Crippen molar-refractivity contribution in [2.45, 2.75) is 17.6 Å². The van der Waals surface area contributed by atoms with E-state index in [9.17, 15) is 36.3 Å². The van der Waals surface area contributed by atoms with Gasteiger partial charge in [-0.2, -0.15) is 13.2 Å². The van der Waals surface area contributed by atoms with Crippen molar-refractivity contribution in [3.8, 4) is 0 Å². The van der Waals surface area contributed by atoms with Crippen LogP contribution in [0.2, 0.25) is 10.0 Å². The zero-order chi connectivity index (χ0) is 29.7. The van der Waals surface area contributed by atoms with Crippen LogP contribution in [0.25, 0.3) is 0 Å². The monoisotopic (exact) mass is 624 g/mol. The van der Waals surface area contributed by atoms with Gasteiger partial charge in [-0.1, -0.05) is 47.5 Å². The number of carboxylic acid groups (broad SMARTS) is 1. The zero-order valence-electron chi connectivity index (χ0n) is 21.0. The number of nitrogens with one attached hydrogen (secondary N) is 1. The van der Waals surface area contributed by atoms with Crippen molar-refractivity contribution in [2.24, 2.45) is 4.99 Å². The molecule has 2 amide bonds. The maximum atomic E-state index is 12.9. The molecule has 1 heterocycles. The van der Waals surface area contributed by atoms with Crippen LogP contribution < -0.4 is 5.32 Å². The number of sulfone groups is 1. The number of nitrogens with zero attached hydrogens (tertiary/aromatic N) is 3. The summed E-state index contributed by atoms with van der Waals surface area (Å²) in [7, 11) is -2.59. The van der Waals surface area contributed by atoms with Gasteiger partial charge < -0.3 is 20.1 Å². The standard InChI is InChI=1S/C24H25Cl2F3N4O6S/c1-32(12-15-2-4-16(5-3-15)22-31-6-8-33(22)23(35)36)20(34)13-39-9-7-30-14-40(37,38)21-18(25)10-17(11-19(21)26)24(27,28)29/h2-5,10-11,30H,6-9,12-14H2,1H3,(H,35,36). The van der Waals surface area contributed by atoms with Gasteiger partial charge >= 0.3 is 12.3 Å². The lowest BCUT2D eigenvalue weighted by Gasteiger charge is -2.18. The number of benzene rings is 2. The van der Waals surface area contributed by atoms with E-state index in [1.807, 2.05) is 0 Å². The summed E-state index contributed by atoms with van der Waals surface area (Å²) in [6.07, 6.45) is -5.81. The third-order valence-corrected chi connectivity index (χ3v) is 8.17. The van der Waals surface area contributed by atoms with Crippen LogP contribution in [-0.4, -0.2) is 86.9 Å². The summed E-state index contributed by atoms with van der Waals surface area (Å²) in [5.74, 6) is -0.622. The second kappa shape index (κ2) is 13.2. The first-order chi connectivity index (χ1) is 18.7. The van der Waals surface area contributed by atoms with Crippen LogP contribution in [0.3, 0.4) is 0 Å². The number of ether oxygens (including phenoxy) is 1. The fraction of sp³-hybridized carbons (Fsp3) is 0.375. The highest BCUT2D eigenvalue weighted by atomic mass is 35.5. The van der Waals surface area contributed by atoms with E-state index < -0.39 is 48.5 Å². The molecule has 0 radical (unpaired) electrons. The predicted molar refractivity (Wildman–Crippen MR) is 141 cm³/mol. The predicted octanol–water partition coefficient (Wildman–Crippen LogP) is 3.75. The molecule has 2 N–H and O–H groups in total. The van der Waals surface area contributed by atoms with Gasteiger partial charge in [-0.05, 0) is 17.7 Å². The highest BCUT2D eigenvalue weighted by molar-refractivity contribution is 7.91. The molecular formula is C24H25Cl2F3N4O6S. The summed E-state index contributed by atoms with van der Waals surface area (Å²) in [6, 6.07) is 7.99. The molecule has 0 atom stereocenters. The van der Waals surface area contributed by atoms with Gasteiger partial charge in [0.1, 0.15) is 23.2 Å². The Bertz CT molecular complexity index is 1360. The average Bonchev–Trinajstić information content (AvgIpc) is 3.35. The molecule has 3 rings (SSSR count). The van der Waals surface area contributed by atoms with Gasteiger partial charge in [-0.3, -0.25) is 14.7 Å². The van der Waals surface area contributed by atoms with Crippen LogP contribution in [-0.2, 0) is 32.1 Å². The Morgan fingerprint density at radius 3 is 2.38 bits per heavy atom. The minimum absolute atomic E-state index is 0.0187. The number of amides is 2. The Morgan fingerprint density at radius 2 is 1.80 bits per heavy atom. The summed E-state index contributed by atoms with van der Waals surface area (Å²) < 4.78 is 69.0. The number of hydrogen-bond acceptors (Lipinski definition) is 7. The minimum Gasteiger partial charge on any atom is -0.465 e. The molecule has 10 nitrogen and oxygen atoms in total. The molecule has 0 unspecified atom stereocenters. The van der Waals surface area contributed by atoms with Crippen LogP contribution in [0.15, 0.2) is 46.3 Å². The van der Waals surface area contributed by atoms with Gasteiger partial charge in [-0.15, -0.1) is 0 Å². The molecule has 0 saturated carbocycles. The summed E-state index contributed by atoms with van der Waals surface area (Å²) in [6.45, 7) is 0.683. The lowest BCUT2D eigenvalue weighted by molar-refractivity contribution is -0.137. The van der Waals surface area contributed by atoms with Crippen molar-refractivity contribution in [1.82, 2.24) is 15.1 Å². The van der Waals surface area contributed by atoms with Gasteiger partial charge in [0.2, 0.25) is 5.91 Å². The van der Waals surface area contributed by atoms with Crippen molar-refractivity contribution >= 4 is 50.9 Å². The quantitative estimate of drug-likeness (QED) is 0.364. The first-order valence-electron chi connectivity index (χ1n) is 11.7. The lowest BCUT2D eigenvalue weighted by atomic mass is 10.1. The molecule has 0 bridgehead atoms. The molecular weight excluding hydrogens is 600 g/mol. The molecule has 16 heteroatoms. The zero-order valence-corrected chi connectivity index (χ0v) is 23.4. The highest BCUT2D eigenvalue weighted by Gasteiger charge is 2.34. The van der Waals surface area contributed by atoms with E-state index in [4.69, 9.17) is 27.9 Å². The topological polar surface area (TPSA) is 129 Å². The smallest absolute Gasteiger partial charge is 0.416 e. The SMILES string of the molecule is CN(Cc1ccc(C2=NCCN2C(=O)O)cc1)C(=O)COCCNCS(=O)(=O)c1c(Cl)cc(C(F)(F)F)cc1Cl. The minimum atomic E-state index is -4.74. The van der Waals surface area contributed by atoms with Crippen LogP contribution >= 0.6 is 23.2 Å². The summed E-state index contributed by atoms with van der Waals surface area (Å²) >= 11 is 11.6. The summed E-state index contributed by atoms with van der Waals surface area (Å²) in [5.41, 5.74) is 0.284. The van der Waals surface area contributed by atoms with Crippen molar-refractivity contribution in [2.75, 3.05) is 45.8 Å². The Kier molecular flexibility index (Phi) is 10.4. The van der Waals surface area contributed by atoms with Gasteiger partial charge in [0.15, 0.2) is 9.84 Å². The fourth-order valence-corrected chi connectivity index (χ4v) is 6.18. The van der Waals surface area contributed by atoms with Crippen molar-refractivity contribution < 1.29 is 41.0 Å². The van der Waals surface area contributed by atoms with E-state index in [2.05, 4.69) is 10.3 Å². The molecule has 0 spiro atoms. The average molecular weight is 625 g/mol. The second-order valence-electron chi connectivity index (χ2n) is 8.66. The van der Waals surface area contributed by atoms with Crippen molar-refractivity contribution in [3.05, 3.63) is 63.1 Å². The molecule has 2 aromatic carbocycles. The molecule has 1 aliphatic rings. The molecule has 2 aromatic rings. The fourth-order valence-electron chi connectivity index (χ4n) is 3.72. The third kappa shape index (κ3) is 8.07. The van der Waals surface area contributed by atoms with Gasteiger partial charge in [0.25, 0.3) is 0 Å². The largest absolute Gasteiger partial charge is 0.465 e. The van der Waals surface area contributed by atoms with Gasteiger partial charge in [0.05, 0.1) is 35.3 Å². The molecule has 40 heavy (non-hydrogen) atoms. The molecule has 218 valence electrons. The molecule has 0 aromatic heterocycles. The summed E-state index contributed by atoms with van der Waals surface area (Å²) in [4.78, 5) is 29.9. The maximum absolute atomic E-state index is 12.9. The number of halogens is 5. The highest BCUT2D eigenvalue weighted by Crippen LogP contribution is 2.38. The number of amidine groups is 1. The summed E-state index contributed by atoms with van der Waals surface area (Å²) in [5, 5.41) is 10.5. The first-order valence-corrected chi connectivity index (χ1v) is 14.1. The van der Waals surface area contributed by atoms with E-state index in [1.165, 1.54) is 9.80 Å².